The molecule has 1 aliphatic rings. The second kappa shape index (κ2) is 4.65. The summed E-state index contributed by atoms with van der Waals surface area (Å²) in [4.78, 5) is 12.3. The maximum Gasteiger partial charge on any atom is 0.208 e. The number of hydrogen-bond acceptors (Lipinski definition) is 3. The molecule has 3 heteroatoms. The van der Waals surface area contributed by atoms with Gasteiger partial charge in [-0.3, -0.25) is 4.79 Å². The number of carbonyl (C=O) groups excluding carboxylic acids is 1. The van der Waals surface area contributed by atoms with Crippen LogP contribution in [0.1, 0.15) is 34.6 Å². The molecule has 0 saturated carbocycles. The Morgan fingerprint density at radius 1 is 1.29 bits per heavy atom. The van der Waals surface area contributed by atoms with Crippen LogP contribution in [0, 0.1) is 5.92 Å². The normalized spacial score (nSPS) is 24.4. The Kier molecular flexibility index (Phi) is 3.82. The molecule has 0 spiro atoms. The average molecular weight is 238 g/mol. The van der Waals surface area contributed by atoms with Crippen LogP contribution in [0.15, 0.2) is 23.5 Å². The second-order valence-corrected chi connectivity index (χ2v) is 5.06. The molecule has 0 aliphatic heterocycles. The topological polar surface area (TPSA) is 35.5 Å². The van der Waals surface area contributed by atoms with Crippen molar-refractivity contribution in [1.29, 1.82) is 0 Å². The molecule has 0 aromatic carbocycles. The van der Waals surface area contributed by atoms with E-state index >= 15 is 0 Å². The lowest BCUT2D eigenvalue weighted by Crippen LogP contribution is -2.55. The van der Waals surface area contributed by atoms with Crippen LogP contribution in [-0.2, 0) is 14.3 Å². The van der Waals surface area contributed by atoms with Gasteiger partial charge >= 0.3 is 0 Å². The molecule has 1 rings (SSSR count). The molecule has 0 fully saturated rings. The number of methoxy groups -OCH3 is 1. The summed E-state index contributed by atoms with van der Waals surface area (Å²) in [6.07, 6.45) is 0.0146. The first-order valence-corrected chi connectivity index (χ1v) is 5.96. The van der Waals surface area contributed by atoms with Gasteiger partial charge in [0.15, 0.2) is 0 Å². The maximum absolute atomic E-state index is 12.3. The van der Waals surface area contributed by atoms with Crippen molar-refractivity contribution in [3.05, 3.63) is 23.5 Å². The van der Waals surface area contributed by atoms with E-state index in [1.807, 2.05) is 27.7 Å². The van der Waals surface area contributed by atoms with Gasteiger partial charge in [0.05, 0.1) is 6.10 Å². The minimum absolute atomic E-state index is 0.0146. The van der Waals surface area contributed by atoms with Gasteiger partial charge in [0.2, 0.25) is 11.4 Å². The molecule has 0 amide bonds. The highest BCUT2D eigenvalue weighted by atomic mass is 16.6. The molecule has 96 valence electrons. The largest absolute Gasteiger partial charge is 0.491 e. The van der Waals surface area contributed by atoms with Crippen molar-refractivity contribution in [2.24, 2.45) is 5.92 Å². The highest BCUT2D eigenvalue weighted by Gasteiger charge is 2.57. The Bertz CT molecular complexity index is 377. The molecule has 0 bridgehead atoms. The predicted molar refractivity (Wildman–Crippen MR) is 67.6 cm³/mol. The zero-order chi connectivity index (χ0) is 13.4. The number of carbonyl (C=O) groups is 1. The molecule has 0 N–H and O–H groups in total. The minimum atomic E-state index is -1.05. The summed E-state index contributed by atoms with van der Waals surface area (Å²) in [5.74, 6) is 0.763. The van der Waals surface area contributed by atoms with E-state index in [1.165, 1.54) is 7.11 Å². The number of Topliss-reactive ketones (excluding diaryl/α,β-unsaturated/α-hetero) is 1. The van der Waals surface area contributed by atoms with Gasteiger partial charge in [-0.05, 0) is 32.3 Å². The van der Waals surface area contributed by atoms with E-state index in [-0.39, 0.29) is 17.8 Å². The van der Waals surface area contributed by atoms with Gasteiger partial charge in [0.25, 0.3) is 0 Å². The number of hydrogen-bond donors (Lipinski definition) is 0. The SMILES string of the molecule is C=C(C)C1(OC)C(=O)C(C(C)C)=C1OC(C)C. The van der Waals surface area contributed by atoms with E-state index in [9.17, 15) is 4.79 Å². The van der Waals surface area contributed by atoms with Crippen LogP contribution in [0.3, 0.4) is 0 Å². The molecule has 0 aromatic heterocycles. The fraction of sp³-hybridized carbons (Fsp3) is 0.643. The molecule has 0 heterocycles. The third-order valence-electron chi connectivity index (χ3n) is 2.97. The highest BCUT2D eigenvalue weighted by molar-refractivity contribution is 6.14. The second-order valence-electron chi connectivity index (χ2n) is 5.06. The summed E-state index contributed by atoms with van der Waals surface area (Å²) in [5, 5.41) is 0. The zero-order valence-electron chi connectivity index (χ0n) is 11.6. The molecule has 1 atom stereocenters. The van der Waals surface area contributed by atoms with Gasteiger partial charge in [-0.15, -0.1) is 0 Å². The Morgan fingerprint density at radius 2 is 1.82 bits per heavy atom. The summed E-state index contributed by atoms with van der Waals surface area (Å²) in [6.45, 7) is 13.5. The molecular formula is C14H22O3. The molecule has 1 unspecified atom stereocenters. The van der Waals surface area contributed by atoms with Crippen LogP contribution in [0.2, 0.25) is 0 Å². The first-order chi connectivity index (χ1) is 7.78. The minimum Gasteiger partial charge on any atom is -0.491 e. The fourth-order valence-electron chi connectivity index (χ4n) is 2.18. The van der Waals surface area contributed by atoms with Gasteiger partial charge in [-0.1, -0.05) is 20.4 Å². The third-order valence-corrected chi connectivity index (χ3v) is 2.97. The first-order valence-electron chi connectivity index (χ1n) is 5.96. The van der Waals surface area contributed by atoms with E-state index < -0.39 is 5.60 Å². The number of ether oxygens (including phenoxy) is 2. The van der Waals surface area contributed by atoms with E-state index in [4.69, 9.17) is 9.47 Å². The summed E-state index contributed by atoms with van der Waals surface area (Å²) < 4.78 is 11.2. The van der Waals surface area contributed by atoms with Crippen LogP contribution >= 0.6 is 0 Å². The number of rotatable bonds is 5. The zero-order valence-corrected chi connectivity index (χ0v) is 11.6. The monoisotopic (exact) mass is 238 g/mol. The van der Waals surface area contributed by atoms with Gasteiger partial charge in [0.1, 0.15) is 5.76 Å². The van der Waals surface area contributed by atoms with Crippen molar-refractivity contribution in [2.75, 3.05) is 7.11 Å². The molecule has 3 nitrogen and oxygen atoms in total. The summed E-state index contributed by atoms with van der Waals surface area (Å²) >= 11 is 0. The highest BCUT2D eigenvalue weighted by Crippen LogP contribution is 2.46. The van der Waals surface area contributed by atoms with Gasteiger partial charge in [-0.25, -0.2) is 0 Å². The first kappa shape index (κ1) is 14.0. The van der Waals surface area contributed by atoms with Crippen LogP contribution in [-0.4, -0.2) is 24.6 Å². The Balaban J connectivity index is 3.28. The van der Waals surface area contributed by atoms with E-state index in [0.29, 0.717) is 11.3 Å². The standard InChI is InChI=1S/C14H22O3/c1-8(2)11-12(15)14(16-7,9(3)4)13(11)17-10(5)6/h8,10H,3H2,1-2,4-7H3. The van der Waals surface area contributed by atoms with Gasteiger partial charge in [0, 0.05) is 12.7 Å². The smallest absolute Gasteiger partial charge is 0.208 e. The lowest BCUT2D eigenvalue weighted by Gasteiger charge is -2.44. The quantitative estimate of drug-likeness (QED) is 0.691. The summed E-state index contributed by atoms with van der Waals surface area (Å²) in [6, 6.07) is 0. The average Bonchev–Trinajstić information content (AvgIpc) is 2.16. The maximum atomic E-state index is 12.3. The molecule has 17 heavy (non-hydrogen) atoms. The lowest BCUT2D eigenvalue weighted by atomic mass is 9.69. The fourth-order valence-corrected chi connectivity index (χ4v) is 2.18. The van der Waals surface area contributed by atoms with E-state index in [1.54, 1.807) is 6.92 Å². The Labute approximate surface area is 103 Å². The Morgan fingerprint density at radius 3 is 2.12 bits per heavy atom. The molecule has 1 aliphatic carbocycles. The summed E-state index contributed by atoms with van der Waals surface area (Å²) in [7, 11) is 1.52. The van der Waals surface area contributed by atoms with Crippen molar-refractivity contribution >= 4 is 5.78 Å². The van der Waals surface area contributed by atoms with Crippen molar-refractivity contribution in [3.63, 3.8) is 0 Å². The van der Waals surface area contributed by atoms with E-state index in [0.717, 1.165) is 5.57 Å². The van der Waals surface area contributed by atoms with Crippen LogP contribution < -0.4 is 0 Å². The van der Waals surface area contributed by atoms with E-state index in [2.05, 4.69) is 6.58 Å². The van der Waals surface area contributed by atoms with Crippen LogP contribution in [0.5, 0.6) is 0 Å². The predicted octanol–water partition coefficient (Wildman–Crippen LogP) is 2.87. The van der Waals surface area contributed by atoms with Crippen LogP contribution in [0.4, 0.5) is 0 Å². The van der Waals surface area contributed by atoms with Crippen molar-refractivity contribution in [2.45, 2.75) is 46.3 Å². The van der Waals surface area contributed by atoms with Crippen molar-refractivity contribution in [1.82, 2.24) is 0 Å². The molecule has 0 saturated heterocycles. The molecule has 0 radical (unpaired) electrons. The lowest BCUT2D eigenvalue weighted by molar-refractivity contribution is -0.141. The van der Waals surface area contributed by atoms with Crippen molar-refractivity contribution < 1.29 is 14.3 Å². The third kappa shape index (κ3) is 1.93. The molecule has 0 aromatic rings. The van der Waals surface area contributed by atoms with Crippen LogP contribution in [0.25, 0.3) is 0 Å². The molecular weight excluding hydrogens is 216 g/mol. The van der Waals surface area contributed by atoms with Gasteiger partial charge < -0.3 is 9.47 Å². The summed E-state index contributed by atoms with van der Waals surface area (Å²) in [5.41, 5.74) is 0.345. The van der Waals surface area contributed by atoms with Gasteiger partial charge in [-0.2, -0.15) is 0 Å². The van der Waals surface area contributed by atoms with Crippen molar-refractivity contribution in [3.8, 4) is 0 Å². The number of ketones is 1. The Hall–Kier alpha value is -1.09.